The lowest BCUT2D eigenvalue weighted by Gasteiger charge is -2.31. The van der Waals surface area contributed by atoms with E-state index in [1.807, 2.05) is 30.3 Å². The highest BCUT2D eigenvalue weighted by Gasteiger charge is 2.31. The number of carbonyl (C=O) groups is 1. The van der Waals surface area contributed by atoms with Gasteiger partial charge in [-0.1, -0.05) is 37.3 Å². The lowest BCUT2D eigenvalue weighted by Crippen LogP contribution is -2.46. The van der Waals surface area contributed by atoms with Gasteiger partial charge in [-0.05, 0) is 76.1 Å². The zero-order valence-electron chi connectivity index (χ0n) is 19.0. The first-order chi connectivity index (χ1) is 14.9. The van der Waals surface area contributed by atoms with Gasteiger partial charge in [-0.2, -0.15) is 0 Å². The number of benzene rings is 1. The van der Waals surface area contributed by atoms with E-state index < -0.39 is 10.0 Å². The number of amides is 1. The van der Waals surface area contributed by atoms with Crippen molar-refractivity contribution in [2.24, 2.45) is 11.8 Å². The van der Waals surface area contributed by atoms with Gasteiger partial charge in [-0.25, -0.2) is 12.7 Å². The number of nitrogens with one attached hydrogen (secondary N) is 1. The molecular weight excluding hydrogens is 410 g/mol. The highest BCUT2D eigenvalue weighted by atomic mass is 32.2. The quantitative estimate of drug-likeness (QED) is 0.558. The van der Waals surface area contributed by atoms with Crippen LogP contribution in [-0.2, 0) is 21.2 Å². The van der Waals surface area contributed by atoms with E-state index in [2.05, 4.69) is 17.1 Å². The predicted octanol–water partition coefficient (Wildman–Crippen LogP) is 2.90. The van der Waals surface area contributed by atoms with Crippen molar-refractivity contribution in [2.45, 2.75) is 51.9 Å². The topological polar surface area (TPSA) is 69.7 Å². The van der Waals surface area contributed by atoms with Crippen LogP contribution < -0.4 is 5.32 Å². The van der Waals surface area contributed by atoms with Crippen molar-refractivity contribution in [2.75, 3.05) is 45.0 Å². The summed E-state index contributed by atoms with van der Waals surface area (Å²) in [5.41, 5.74) is 1.16. The first kappa shape index (κ1) is 24.2. The maximum Gasteiger partial charge on any atom is 0.224 e. The molecule has 0 radical (unpaired) electrons. The van der Waals surface area contributed by atoms with Gasteiger partial charge in [0.25, 0.3) is 0 Å². The van der Waals surface area contributed by atoms with Crippen molar-refractivity contribution >= 4 is 15.9 Å². The molecule has 0 aliphatic carbocycles. The molecular formula is C24H39N3O3S. The number of nitrogens with zero attached hydrogens (tertiary/aromatic N) is 2. The monoisotopic (exact) mass is 449 g/mol. The van der Waals surface area contributed by atoms with Crippen LogP contribution in [0.3, 0.4) is 0 Å². The molecule has 6 nitrogen and oxygen atoms in total. The van der Waals surface area contributed by atoms with Crippen LogP contribution in [0.4, 0.5) is 0 Å². The fourth-order valence-corrected chi connectivity index (χ4v) is 6.17. The van der Waals surface area contributed by atoms with Gasteiger partial charge in [0.05, 0.1) is 11.7 Å². The second kappa shape index (κ2) is 12.0. The number of carbonyl (C=O) groups excluding carboxylic acids is 1. The number of likely N-dealkylation sites (tertiary alicyclic amines) is 1. The molecule has 7 heteroatoms. The van der Waals surface area contributed by atoms with E-state index >= 15 is 0 Å². The summed E-state index contributed by atoms with van der Waals surface area (Å²) in [5, 5.41) is 3.05. The van der Waals surface area contributed by atoms with Crippen LogP contribution in [0.2, 0.25) is 0 Å². The number of rotatable bonds is 10. The Balaban J connectivity index is 1.36. The van der Waals surface area contributed by atoms with Gasteiger partial charge in [-0.15, -0.1) is 0 Å². The predicted molar refractivity (Wildman–Crippen MR) is 125 cm³/mol. The van der Waals surface area contributed by atoms with Crippen molar-refractivity contribution < 1.29 is 13.2 Å². The molecule has 1 atom stereocenters. The highest BCUT2D eigenvalue weighted by molar-refractivity contribution is 7.89. The summed E-state index contributed by atoms with van der Waals surface area (Å²) < 4.78 is 27.1. The van der Waals surface area contributed by atoms with Crippen molar-refractivity contribution in [3.63, 3.8) is 0 Å². The zero-order valence-corrected chi connectivity index (χ0v) is 19.8. The summed E-state index contributed by atoms with van der Waals surface area (Å²) >= 11 is 0. The Hall–Kier alpha value is -1.44. The third kappa shape index (κ3) is 7.88. The summed E-state index contributed by atoms with van der Waals surface area (Å²) in [6.45, 7) is 7.19. The molecule has 2 fully saturated rings. The van der Waals surface area contributed by atoms with E-state index in [0.29, 0.717) is 26.1 Å². The van der Waals surface area contributed by atoms with E-state index in [1.54, 1.807) is 4.31 Å². The summed E-state index contributed by atoms with van der Waals surface area (Å²) in [6.07, 6.45) is 6.37. The van der Waals surface area contributed by atoms with Gasteiger partial charge < -0.3 is 10.2 Å². The SMILES string of the molecule is CC1CCN(CCCNC(=O)C2CCCN(S(=O)(=O)CCCc3ccccc3)C2)CC1. The summed E-state index contributed by atoms with van der Waals surface area (Å²) in [7, 11) is -3.32. The first-order valence-corrected chi connectivity index (χ1v) is 13.6. The van der Waals surface area contributed by atoms with Crippen LogP contribution in [0.25, 0.3) is 0 Å². The average molecular weight is 450 g/mol. The van der Waals surface area contributed by atoms with E-state index in [0.717, 1.165) is 56.8 Å². The van der Waals surface area contributed by atoms with Crippen molar-refractivity contribution in [1.82, 2.24) is 14.5 Å². The molecule has 1 unspecified atom stereocenters. The van der Waals surface area contributed by atoms with Crippen LogP contribution in [-0.4, -0.2) is 68.6 Å². The molecule has 174 valence electrons. The molecule has 0 aromatic heterocycles. The second-order valence-electron chi connectivity index (χ2n) is 9.27. The van der Waals surface area contributed by atoms with Gasteiger partial charge in [0.1, 0.15) is 0 Å². The molecule has 1 amide bonds. The van der Waals surface area contributed by atoms with Gasteiger partial charge in [0.15, 0.2) is 0 Å². The van der Waals surface area contributed by atoms with Crippen LogP contribution in [0.5, 0.6) is 0 Å². The number of hydrogen-bond donors (Lipinski definition) is 1. The third-order valence-corrected chi connectivity index (χ3v) is 8.61. The molecule has 31 heavy (non-hydrogen) atoms. The Bertz CT molecular complexity index is 777. The van der Waals surface area contributed by atoms with E-state index in [1.165, 1.54) is 12.8 Å². The smallest absolute Gasteiger partial charge is 0.224 e. The number of piperidine rings is 2. The van der Waals surface area contributed by atoms with Crippen LogP contribution in [0.1, 0.15) is 51.0 Å². The van der Waals surface area contributed by atoms with Crippen LogP contribution in [0.15, 0.2) is 30.3 Å². The van der Waals surface area contributed by atoms with Gasteiger partial charge in [0.2, 0.25) is 15.9 Å². The fraction of sp³-hybridized carbons (Fsp3) is 0.708. The fourth-order valence-electron chi connectivity index (χ4n) is 4.59. The molecule has 0 bridgehead atoms. The van der Waals surface area contributed by atoms with Crippen LogP contribution in [0, 0.1) is 11.8 Å². The Kier molecular flexibility index (Phi) is 9.35. The van der Waals surface area contributed by atoms with E-state index in [4.69, 9.17) is 0 Å². The molecule has 1 aromatic rings. The molecule has 1 N–H and O–H groups in total. The Labute approximate surface area is 188 Å². The molecule has 0 spiro atoms. The lowest BCUT2D eigenvalue weighted by molar-refractivity contribution is -0.126. The van der Waals surface area contributed by atoms with Crippen molar-refractivity contribution in [3.8, 4) is 0 Å². The summed E-state index contributed by atoms with van der Waals surface area (Å²) in [6, 6.07) is 9.97. The minimum atomic E-state index is -3.32. The van der Waals surface area contributed by atoms with Gasteiger partial charge in [-0.3, -0.25) is 4.79 Å². The molecule has 2 heterocycles. The maximum atomic E-state index is 12.8. The number of aryl methyl sites for hydroxylation is 1. The second-order valence-corrected chi connectivity index (χ2v) is 11.4. The summed E-state index contributed by atoms with van der Waals surface area (Å²) in [4.78, 5) is 15.1. The largest absolute Gasteiger partial charge is 0.356 e. The van der Waals surface area contributed by atoms with E-state index in [9.17, 15) is 13.2 Å². The molecule has 2 saturated heterocycles. The Morgan fingerprint density at radius 3 is 2.55 bits per heavy atom. The molecule has 1 aromatic carbocycles. The Morgan fingerprint density at radius 2 is 1.81 bits per heavy atom. The molecule has 2 aliphatic rings. The average Bonchev–Trinajstić information content (AvgIpc) is 2.78. The molecule has 0 saturated carbocycles. The Morgan fingerprint density at radius 1 is 1.06 bits per heavy atom. The van der Waals surface area contributed by atoms with Crippen molar-refractivity contribution in [1.29, 1.82) is 0 Å². The van der Waals surface area contributed by atoms with E-state index in [-0.39, 0.29) is 17.6 Å². The minimum Gasteiger partial charge on any atom is -0.356 e. The number of sulfonamides is 1. The normalized spacial score (nSPS) is 21.8. The van der Waals surface area contributed by atoms with Gasteiger partial charge in [0, 0.05) is 19.6 Å². The van der Waals surface area contributed by atoms with Crippen molar-refractivity contribution in [3.05, 3.63) is 35.9 Å². The lowest BCUT2D eigenvalue weighted by atomic mass is 9.98. The summed E-state index contributed by atoms with van der Waals surface area (Å²) in [5.74, 6) is 0.759. The molecule has 3 rings (SSSR count). The van der Waals surface area contributed by atoms with Crippen LogP contribution >= 0.6 is 0 Å². The maximum absolute atomic E-state index is 12.8. The van der Waals surface area contributed by atoms with Gasteiger partial charge >= 0.3 is 0 Å². The minimum absolute atomic E-state index is 0.0106. The highest BCUT2D eigenvalue weighted by Crippen LogP contribution is 2.21. The standard InChI is InChI=1S/C24H39N3O3S/c1-21-12-17-26(18-13-21)15-7-14-25-24(28)23-11-5-16-27(20-23)31(29,30)19-6-10-22-8-3-2-4-9-22/h2-4,8-9,21,23H,5-7,10-20H2,1H3,(H,25,28). The first-order valence-electron chi connectivity index (χ1n) is 12.0. The zero-order chi connectivity index (χ0) is 22.1. The molecule has 2 aliphatic heterocycles. The third-order valence-electron chi connectivity index (χ3n) is 6.69. The number of hydrogen-bond acceptors (Lipinski definition) is 4.